The molecule has 0 saturated carbocycles. The minimum absolute atomic E-state index is 0.0526. The molecule has 0 radical (unpaired) electrons. The van der Waals surface area contributed by atoms with Crippen molar-refractivity contribution in [2.75, 3.05) is 23.8 Å². The topological polar surface area (TPSA) is 75.8 Å². The van der Waals surface area contributed by atoms with E-state index >= 15 is 0 Å². The van der Waals surface area contributed by atoms with Crippen LogP contribution in [0.4, 0.5) is 11.4 Å². The average molecular weight is 250 g/mol. The Bertz CT molecular complexity index is 448. The fourth-order valence-electron chi connectivity index (χ4n) is 2.06. The number of anilines is 2. The van der Waals surface area contributed by atoms with Gasteiger partial charge in [0, 0.05) is 24.9 Å². The van der Waals surface area contributed by atoms with Gasteiger partial charge >= 0.3 is 0 Å². The third kappa shape index (κ3) is 2.26. The van der Waals surface area contributed by atoms with Crippen LogP contribution in [-0.4, -0.2) is 30.3 Å². The number of amides is 1. The lowest BCUT2D eigenvalue weighted by Gasteiger charge is -2.34. The zero-order chi connectivity index (χ0) is 13.1. The number of aliphatic hydroxyl groups is 1. The molecular formula is C13H18N2O3. The number of nitrogen functional groups attached to an aromatic ring is 1. The molecule has 1 amide bonds. The molecule has 1 heterocycles. The highest BCUT2D eigenvalue weighted by molar-refractivity contribution is 6.00. The second-order valence-corrected chi connectivity index (χ2v) is 4.31. The van der Waals surface area contributed by atoms with E-state index in [0.717, 1.165) is 5.69 Å². The summed E-state index contributed by atoms with van der Waals surface area (Å²) in [6, 6.07) is 5.26. The lowest BCUT2D eigenvalue weighted by Crippen LogP contribution is -2.46. The summed E-state index contributed by atoms with van der Waals surface area (Å²) in [7, 11) is 0. The van der Waals surface area contributed by atoms with Gasteiger partial charge in [-0.2, -0.15) is 0 Å². The summed E-state index contributed by atoms with van der Waals surface area (Å²) >= 11 is 0. The first-order chi connectivity index (χ1) is 8.67. The van der Waals surface area contributed by atoms with Crippen molar-refractivity contribution in [3.05, 3.63) is 18.2 Å². The second kappa shape index (κ2) is 5.27. The van der Waals surface area contributed by atoms with Crippen LogP contribution in [0.3, 0.4) is 0 Å². The Balaban J connectivity index is 2.35. The maximum absolute atomic E-state index is 12.2. The van der Waals surface area contributed by atoms with Crippen molar-refractivity contribution in [2.45, 2.75) is 25.9 Å². The van der Waals surface area contributed by atoms with Crippen LogP contribution >= 0.6 is 0 Å². The summed E-state index contributed by atoms with van der Waals surface area (Å²) in [5, 5.41) is 8.91. The van der Waals surface area contributed by atoms with Crippen molar-refractivity contribution in [2.24, 2.45) is 0 Å². The van der Waals surface area contributed by atoms with Gasteiger partial charge < -0.3 is 20.5 Å². The Morgan fingerprint density at radius 2 is 2.28 bits per heavy atom. The molecule has 1 aliphatic rings. The molecule has 1 aromatic rings. The van der Waals surface area contributed by atoms with Crippen molar-refractivity contribution in [3.8, 4) is 5.75 Å². The van der Waals surface area contributed by atoms with Gasteiger partial charge in [0.1, 0.15) is 5.75 Å². The lowest BCUT2D eigenvalue weighted by molar-refractivity contribution is -0.126. The number of hydrogen-bond acceptors (Lipinski definition) is 4. The smallest absolute Gasteiger partial charge is 0.268 e. The van der Waals surface area contributed by atoms with Crippen molar-refractivity contribution >= 4 is 17.3 Å². The Labute approximate surface area is 106 Å². The lowest BCUT2D eigenvalue weighted by atomic mass is 10.1. The Hall–Kier alpha value is -1.75. The molecule has 1 aliphatic heterocycles. The fourth-order valence-corrected chi connectivity index (χ4v) is 2.06. The van der Waals surface area contributed by atoms with Gasteiger partial charge in [-0.1, -0.05) is 6.92 Å². The molecule has 3 N–H and O–H groups in total. The summed E-state index contributed by atoms with van der Waals surface area (Å²) in [6.45, 7) is 2.46. The van der Waals surface area contributed by atoms with Gasteiger partial charge in [0.05, 0.1) is 5.69 Å². The van der Waals surface area contributed by atoms with Crippen LogP contribution in [0, 0.1) is 0 Å². The van der Waals surface area contributed by atoms with Gasteiger partial charge in [-0.15, -0.1) is 0 Å². The summed E-state index contributed by atoms with van der Waals surface area (Å²) < 4.78 is 5.65. The highest BCUT2D eigenvalue weighted by atomic mass is 16.5. The SMILES string of the molecule is CCC1Oc2cc(N)ccc2N(CCCO)C1=O. The predicted octanol–water partition coefficient (Wildman–Crippen LogP) is 1.16. The van der Waals surface area contributed by atoms with Crippen LogP contribution in [0.5, 0.6) is 5.75 Å². The van der Waals surface area contributed by atoms with Crippen molar-refractivity contribution in [1.29, 1.82) is 0 Å². The second-order valence-electron chi connectivity index (χ2n) is 4.31. The molecule has 1 aromatic carbocycles. The molecule has 0 fully saturated rings. The Morgan fingerprint density at radius 1 is 1.50 bits per heavy atom. The quantitative estimate of drug-likeness (QED) is 0.786. The van der Waals surface area contributed by atoms with E-state index in [-0.39, 0.29) is 12.5 Å². The van der Waals surface area contributed by atoms with E-state index in [4.69, 9.17) is 15.6 Å². The Morgan fingerprint density at radius 3 is 2.94 bits per heavy atom. The number of aliphatic hydroxyl groups excluding tert-OH is 1. The number of benzene rings is 1. The van der Waals surface area contributed by atoms with Crippen molar-refractivity contribution in [3.63, 3.8) is 0 Å². The minimum Gasteiger partial charge on any atom is -0.478 e. The molecule has 0 saturated heterocycles. The van der Waals surface area contributed by atoms with Gasteiger partial charge in [-0.25, -0.2) is 0 Å². The number of fused-ring (bicyclic) bond motifs is 1. The normalized spacial score (nSPS) is 18.4. The van der Waals surface area contributed by atoms with E-state index in [1.807, 2.05) is 6.92 Å². The maximum atomic E-state index is 12.2. The summed E-state index contributed by atoms with van der Waals surface area (Å²) in [5.41, 5.74) is 7.07. The standard InChI is InChI=1S/C13H18N2O3/c1-2-11-13(17)15(6-3-7-16)10-5-4-9(14)8-12(10)18-11/h4-5,8,11,16H,2-3,6-7,14H2,1H3. The van der Waals surface area contributed by atoms with Crippen LogP contribution in [0.2, 0.25) is 0 Å². The van der Waals surface area contributed by atoms with E-state index in [9.17, 15) is 4.79 Å². The average Bonchev–Trinajstić information content (AvgIpc) is 2.37. The molecule has 5 heteroatoms. The maximum Gasteiger partial charge on any atom is 0.268 e. The first-order valence-corrected chi connectivity index (χ1v) is 6.15. The molecule has 5 nitrogen and oxygen atoms in total. The number of ether oxygens (including phenoxy) is 1. The fraction of sp³-hybridized carbons (Fsp3) is 0.462. The van der Waals surface area contributed by atoms with Crippen LogP contribution < -0.4 is 15.4 Å². The van der Waals surface area contributed by atoms with Crippen LogP contribution in [0.1, 0.15) is 19.8 Å². The van der Waals surface area contributed by atoms with Crippen LogP contribution in [0.25, 0.3) is 0 Å². The number of carbonyl (C=O) groups excluding carboxylic acids is 1. The van der Waals surface area contributed by atoms with Gasteiger partial charge in [-0.05, 0) is 25.0 Å². The van der Waals surface area contributed by atoms with Crippen LogP contribution in [0.15, 0.2) is 18.2 Å². The van der Waals surface area contributed by atoms with E-state index in [0.29, 0.717) is 30.8 Å². The molecular weight excluding hydrogens is 232 g/mol. The first kappa shape index (κ1) is 12.7. The zero-order valence-corrected chi connectivity index (χ0v) is 10.4. The van der Waals surface area contributed by atoms with E-state index in [1.54, 1.807) is 23.1 Å². The molecule has 0 aliphatic carbocycles. The number of hydrogen-bond donors (Lipinski definition) is 2. The van der Waals surface area contributed by atoms with Gasteiger partial charge in [0.25, 0.3) is 5.91 Å². The monoisotopic (exact) mass is 250 g/mol. The highest BCUT2D eigenvalue weighted by Gasteiger charge is 2.32. The zero-order valence-electron chi connectivity index (χ0n) is 10.4. The molecule has 2 rings (SSSR count). The molecule has 1 unspecified atom stereocenters. The molecule has 1 atom stereocenters. The van der Waals surface area contributed by atoms with Gasteiger partial charge in [0.15, 0.2) is 6.10 Å². The predicted molar refractivity (Wildman–Crippen MR) is 69.6 cm³/mol. The molecule has 18 heavy (non-hydrogen) atoms. The van der Waals surface area contributed by atoms with E-state index in [1.165, 1.54) is 0 Å². The number of carbonyl (C=O) groups is 1. The summed E-state index contributed by atoms with van der Waals surface area (Å²) in [4.78, 5) is 13.9. The van der Waals surface area contributed by atoms with Gasteiger partial charge in [0.2, 0.25) is 0 Å². The number of rotatable bonds is 4. The minimum atomic E-state index is -0.460. The molecule has 0 spiro atoms. The first-order valence-electron chi connectivity index (χ1n) is 6.15. The van der Waals surface area contributed by atoms with E-state index < -0.39 is 6.10 Å². The van der Waals surface area contributed by atoms with Gasteiger partial charge in [-0.3, -0.25) is 4.79 Å². The molecule has 0 aromatic heterocycles. The largest absolute Gasteiger partial charge is 0.478 e. The van der Waals surface area contributed by atoms with Crippen molar-refractivity contribution in [1.82, 2.24) is 0 Å². The Kier molecular flexibility index (Phi) is 3.72. The van der Waals surface area contributed by atoms with Crippen molar-refractivity contribution < 1.29 is 14.6 Å². The molecule has 0 bridgehead atoms. The van der Waals surface area contributed by atoms with E-state index in [2.05, 4.69) is 0 Å². The third-order valence-electron chi connectivity index (χ3n) is 3.00. The third-order valence-corrected chi connectivity index (χ3v) is 3.00. The number of nitrogens with two attached hydrogens (primary N) is 1. The number of nitrogens with zero attached hydrogens (tertiary/aromatic N) is 1. The molecule has 98 valence electrons. The highest BCUT2D eigenvalue weighted by Crippen LogP contribution is 2.36. The summed E-state index contributed by atoms with van der Waals surface area (Å²) in [6.07, 6.45) is 0.701. The summed E-state index contributed by atoms with van der Waals surface area (Å²) in [5.74, 6) is 0.586. The van der Waals surface area contributed by atoms with Crippen LogP contribution in [-0.2, 0) is 4.79 Å².